The molecule has 33 heavy (non-hydrogen) atoms. The minimum absolute atomic E-state index is 0.0348. The second kappa shape index (κ2) is 10.2. The summed E-state index contributed by atoms with van der Waals surface area (Å²) in [5, 5.41) is 12.0. The molecule has 8 nitrogen and oxygen atoms in total. The van der Waals surface area contributed by atoms with Gasteiger partial charge in [-0.05, 0) is 42.7 Å². The van der Waals surface area contributed by atoms with Crippen molar-refractivity contribution in [3.63, 3.8) is 0 Å². The average molecular weight is 489 g/mol. The molecule has 0 bridgehead atoms. The van der Waals surface area contributed by atoms with E-state index in [4.69, 9.17) is 11.6 Å². The molecule has 2 amide bonds. The van der Waals surface area contributed by atoms with E-state index < -0.39 is 0 Å². The zero-order valence-corrected chi connectivity index (χ0v) is 19.4. The number of piperidine rings is 1. The number of hydrogen-bond donors (Lipinski definition) is 1. The van der Waals surface area contributed by atoms with Crippen LogP contribution in [0.1, 0.15) is 39.8 Å². The molecular weight excluding hydrogens is 467 g/mol. The van der Waals surface area contributed by atoms with Crippen molar-refractivity contribution in [1.29, 1.82) is 0 Å². The van der Waals surface area contributed by atoms with Crippen LogP contribution in [0.25, 0.3) is 0 Å². The van der Waals surface area contributed by atoms with Crippen LogP contribution >= 0.6 is 22.9 Å². The van der Waals surface area contributed by atoms with E-state index in [-0.39, 0.29) is 35.1 Å². The van der Waals surface area contributed by atoms with Gasteiger partial charge in [0, 0.05) is 31.4 Å². The van der Waals surface area contributed by atoms with Crippen molar-refractivity contribution in [3.05, 3.63) is 69.0 Å². The number of hydrogen-bond acceptors (Lipinski definition) is 7. The maximum atomic E-state index is 13.1. The first-order valence-corrected chi connectivity index (χ1v) is 11.7. The first-order chi connectivity index (χ1) is 15.9. The second-order valence-corrected chi connectivity index (χ2v) is 9.02. The van der Waals surface area contributed by atoms with Crippen LogP contribution < -0.4 is 10.4 Å². The van der Waals surface area contributed by atoms with Crippen molar-refractivity contribution >= 4 is 40.6 Å². The molecular formula is C22H22ClFN6O2S. The van der Waals surface area contributed by atoms with Gasteiger partial charge in [0.25, 0.3) is 5.91 Å². The van der Waals surface area contributed by atoms with E-state index in [1.54, 1.807) is 36.7 Å². The Morgan fingerprint density at radius 2 is 1.91 bits per heavy atom. The lowest BCUT2D eigenvalue weighted by Gasteiger charge is -2.31. The van der Waals surface area contributed by atoms with Gasteiger partial charge >= 0.3 is 0 Å². The van der Waals surface area contributed by atoms with Gasteiger partial charge in [-0.15, -0.1) is 21.5 Å². The molecule has 11 heteroatoms. The smallest absolute Gasteiger partial charge is 0.289 e. The maximum absolute atomic E-state index is 13.1. The van der Waals surface area contributed by atoms with Gasteiger partial charge < -0.3 is 4.90 Å². The average Bonchev–Trinajstić information content (AvgIpc) is 3.31. The predicted molar refractivity (Wildman–Crippen MR) is 124 cm³/mol. The highest BCUT2D eigenvalue weighted by atomic mass is 35.5. The molecule has 1 aliphatic heterocycles. The zero-order valence-electron chi connectivity index (χ0n) is 17.9. The van der Waals surface area contributed by atoms with Gasteiger partial charge in [-0.3, -0.25) is 20.0 Å². The van der Waals surface area contributed by atoms with E-state index >= 15 is 0 Å². The number of thiazole rings is 1. The van der Waals surface area contributed by atoms with E-state index in [1.807, 2.05) is 4.90 Å². The Balaban J connectivity index is 1.29. The monoisotopic (exact) mass is 488 g/mol. The Morgan fingerprint density at radius 3 is 2.58 bits per heavy atom. The number of carbonyl (C=O) groups excluding carboxylic acids is 2. The summed E-state index contributed by atoms with van der Waals surface area (Å²) in [7, 11) is 1.65. The van der Waals surface area contributed by atoms with Crippen LogP contribution in [-0.4, -0.2) is 52.0 Å². The number of rotatable bonds is 6. The van der Waals surface area contributed by atoms with Crippen LogP contribution in [0.15, 0.2) is 41.8 Å². The number of aromatic nitrogens is 3. The fraction of sp³-hybridized carbons (Fsp3) is 0.318. The third-order valence-corrected chi connectivity index (χ3v) is 6.66. The van der Waals surface area contributed by atoms with Crippen LogP contribution in [0.3, 0.4) is 0 Å². The number of likely N-dealkylation sites (tertiary alicyclic amines) is 1. The number of anilines is 1. The molecule has 0 unspecified atom stereocenters. The summed E-state index contributed by atoms with van der Waals surface area (Å²) in [4.78, 5) is 31.5. The Bertz CT molecular complexity index is 1120. The number of nitrogens with zero attached hydrogens (tertiary/aromatic N) is 5. The summed E-state index contributed by atoms with van der Waals surface area (Å²) in [6.07, 6.45) is 1.83. The third kappa shape index (κ3) is 5.82. The lowest BCUT2D eigenvalue weighted by Crippen LogP contribution is -2.40. The summed E-state index contributed by atoms with van der Waals surface area (Å²) >= 11 is 7.19. The molecule has 3 aromatic rings. The molecule has 1 N–H and O–H groups in total. The minimum atomic E-state index is -0.344. The molecule has 0 atom stereocenters. The van der Waals surface area contributed by atoms with Crippen molar-refractivity contribution in [2.24, 2.45) is 0 Å². The highest BCUT2D eigenvalue weighted by molar-refractivity contribution is 7.09. The van der Waals surface area contributed by atoms with Crippen LogP contribution in [0.5, 0.6) is 0 Å². The summed E-state index contributed by atoms with van der Waals surface area (Å²) in [5.74, 6) is 0.0252. The fourth-order valence-electron chi connectivity index (χ4n) is 3.60. The van der Waals surface area contributed by atoms with Gasteiger partial charge in [-0.25, -0.2) is 9.37 Å². The molecule has 1 aromatic carbocycles. The Labute approximate surface area is 199 Å². The third-order valence-electron chi connectivity index (χ3n) is 5.45. The molecule has 3 heterocycles. The van der Waals surface area contributed by atoms with Gasteiger partial charge in [0.2, 0.25) is 5.91 Å². The number of amides is 2. The normalized spacial score (nSPS) is 14.2. The molecule has 0 radical (unpaired) electrons. The molecule has 2 aromatic heterocycles. The van der Waals surface area contributed by atoms with Crippen molar-refractivity contribution in [2.75, 3.05) is 25.1 Å². The number of nitrogens with one attached hydrogen (secondary N) is 1. The number of benzene rings is 1. The quantitative estimate of drug-likeness (QED) is 0.534. The highest BCUT2D eigenvalue weighted by Gasteiger charge is 2.26. The topological polar surface area (TPSA) is 91.3 Å². The zero-order chi connectivity index (χ0) is 23.4. The number of hydrazine groups is 1. The van der Waals surface area contributed by atoms with Gasteiger partial charge in [-0.1, -0.05) is 23.7 Å². The van der Waals surface area contributed by atoms with E-state index in [0.29, 0.717) is 24.6 Å². The van der Waals surface area contributed by atoms with Crippen LogP contribution in [-0.2, 0) is 11.2 Å². The van der Waals surface area contributed by atoms with Crippen molar-refractivity contribution in [1.82, 2.24) is 25.5 Å². The highest BCUT2D eigenvalue weighted by Crippen LogP contribution is 2.30. The Morgan fingerprint density at radius 1 is 1.18 bits per heavy atom. The largest absolute Gasteiger partial charge is 0.342 e. The predicted octanol–water partition coefficient (Wildman–Crippen LogP) is 3.46. The van der Waals surface area contributed by atoms with Crippen LogP contribution in [0.4, 0.5) is 10.2 Å². The van der Waals surface area contributed by atoms with E-state index in [0.717, 1.165) is 23.4 Å². The first-order valence-electron chi connectivity index (χ1n) is 10.4. The Kier molecular flexibility index (Phi) is 7.14. The van der Waals surface area contributed by atoms with Crippen molar-refractivity contribution in [3.8, 4) is 0 Å². The molecule has 0 spiro atoms. The summed E-state index contributed by atoms with van der Waals surface area (Å²) in [6, 6.07) is 9.24. The van der Waals surface area contributed by atoms with E-state index in [2.05, 4.69) is 20.6 Å². The number of halogens is 2. The van der Waals surface area contributed by atoms with E-state index in [9.17, 15) is 14.0 Å². The first kappa shape index (κ1) is 23.1. The molecule has 0 aliphatic carbocycles. The molecule has 1 saturated heterocycles. The molecule has 1 aliphatic rings. The second-order valence-electron chi connectivity index (χ2n) is 7.74. The standard InChI is InChI=1S/C22H22ClFN6O2S/c1-29(19-7-6-18(23)26-27-19)28-21(32)17-13-33-22(25-17)15-8-10-30(11-9-15)20(31)12-14-2-4-16(24)5-3-14/h2-7,13,15H,8-12H2,1H3,(H,28,32). The van der Waals surface area contributed by atoms with Crippen LogP contribution in [0.2, 0.25) is 5.15 Å². The summed E-state index contributed by atoms with van der Waals surface area (Å²) in [5.41, 5.74) is 3.85. The van der Waals surface area contributed by atoms with Gasteiger partial charge in [-0.2, -0.15) is 0 Å². The molecule has 0 saturated carbocycles. The summed E-state index contributed by atoms with van der Waals surface area (Å²) in [6.45, 7) is 1.26. The lowest BCUT2D eigenvalue weighted by atomic mass is 9.97. The minimum Gasteiger partial charge on any atom is -0.342 e. The van der Waals surface area contributed by atoms with E-state index in [1.165, 1.54) is 28.5 Å². The molecule has 172 valence electrons. The Hall–Kier alpha value is -3.11. The van der Waals surface area contributed by atoms with Crippen molar-refractivity contribution < 1.29 is 14.0 Å². The fourth-order valence-corrected chi connectivity index (χ4v) is 4.67. The SMILES string of the molecule is CN(NC(=O)c1csc(C2CCN(C(=O)Cc3ccc(F)cc3)CC2)n1)c1ccc(Cl)nn1. The lowest BCUT2D eigenvalue weighted by molar-refractivity contribution is -0.131. The van der Waals surface area contributed by atoms with Gasteiger partial charge in [0.1, 0.15) is 11.5 Å². The molecule has 4 rings (SSSR count). The molecule has 1 fully saturated rings. The van der Waals surface area contributed by atoms with Gasteiger partial charge in [0.05, 0.1) is 11.4 Å². The maximum Gasteiger partial charge on any atom is 0.289 e. The number of carbonyl (C=O) groups is 2. The van der Waals surface area contributed by atoms with Gasteiger partial charge in [0.15, 0.2) is 11.0 Å². The van der Waals surface area contributed by atoms with Crippen LogP contribution in [0, 0.1) is 5.82 Å². The van der Waals surface area contributed by atoms with Crippen molar-refractivity contribution in [2.45, 2.75) is 25.2 Å². The summed E-state index contributed by atoms with van der Waals surface area (Å²) < 4.78 is 13.1.